The zero-order valence-corrected chi connectivity index (χ0v) is 23.0. The van der Waals surface area contributed by atoms with E-state index in [1.807, 2.05) is 6.92 Å². The van der Waals surface area contributed by atoms with Crippen molar-refractivity contribution >= 4 is 33.5 Å². The molecule has 4 N–H and O–H groups in total. The van der Waals surface area contributed by atoms with Gasteiger partial charge in [-0.15, -0.1) is 0 Å². The quantitative estimate of drug-likeness (QED) is 0.269. The van der Waals surface area contributed by atoms with Gasteiger partial charge in [-0.3, -0.25) is 9.59 Å². The van der Waals surface area contributed by atoms with Crippen LogP contribution in [0.25, 0.3) is 0 Å². The lowest BCUT2D eigenvalue weighted by molar-refractivity contribution is -0.138. The highest BCUT2D eigenvalue weighted by molar-refractivity contribution is 7.89. The molecular formula is C27H32N6O6S. The number of nitrogens with zero attached hydrogens (tertiary/aromatic N) is 3. The number of piperidine rings is 1. The molecule has 4 rings (SSSR count). The van der Waals surface area contributed by atoms with Crippen LogP contribution in [0.3, 0.4) is 0 Å². The number of aliphatic carboxylic acids is 1. The smallest absolute Gasteiger partial charge is 0.323 e. The molecule has 0 unspecified atom stereocenters. The number of amides is 1. The zero-order chi connectivity index (χ0) is 28.8. The molecule has 2 heterocycles. The maximum atomic E-state index is 12.8. The molecule has 12 nitrogen and oxygen atoms in total. The van der Waals surface area contributed by atoms with Gasteiger partial charge < -0.3 is 25.4 Å². The number of carboxylic acid groups (broad SMARTS) is 1. The van der Waals surface area contributed by atoms with Crippen molar-refractivity contribution in [1.82, 2.24) is 20.0 Å². The minimum atomic E-state index is -4.09. The summed E-state index contributed by atoms with van der Waals surface area (Å²) in [6, 6.07) is 14.5. The first-order valence-corrected chi connectivity index (χ1v) is 14.2. The van der Waals surface area contributed by atoms with Gasteiger partial charge in [0.15, 0.2) is 0 Å². The minimum Gasteiger partial charge on any atom is -0.480 e. The molecule has 0 radical (unpaired) electrons. The van der Waals surface area contributed by atoms with Crippen molar-refractivity contribution in [3.8, 4) is 0 Å². The average Bonchev–Trinajstić information content (AvgIpc) is 2.96. The van der Waals surface area contributed by atoms with Crippen LogP contribution in [-0.2, 0) is 19.6 Å². The number of ether oxygens (including phenoxy) is 1. The Morgan fingerprint density at radius 1 is 1.10 bits per heavy atom. The molecule has 1 aromatic heterocycles. The van der Waals surface area contributed by atoms with Crippen molar-refractivity contribution in [2.24, 2.45) is 0 Å². The molecule has 1 aliphatic heterocycles. The summed E-state index contributed by atoms with van der Waals surface area (Å²) < 4.78 is 33.0. The van der Waals surface area contributed by atoms with E-state index < -0.39 is 40.1 Å². The average molecular weight is 569 g/mol. The normalized spacial score (nSPS) is 19.9. The molecule has 1 saturated heterocycles. The van der Waals surface area contributed by atoms with Gasteiger partial charge in [0.2, 0.25) is 16.0 Å². The van der Waals surface area contributed by atoms with Gasteiger partial charge in [0.25, 0.3) is 5.91 Å². The van der Waals surface area contributed by atoms with Gasteiger partial charge in [-0.2, -0.15) is 4.72 Å². The fourth-order valence-corrected chi connectivity index (χ4v) is 5.94. The largest absolute Gasteiger partial charge is 0.480 e. The van der Waals surface area contributed by atoms with E-state index in [1.165, 1.54) is 24.3 Å². The van der Waals surface area contributed by atoms with Gasteiger partial charge in [-0.1, -0.05) is 18.2 Å². The molecule has 1 aliphatic rings. The lowest BCUT2D eigenvalue weighted by atomic mass is 9.92. The van der Waals surface area contributed by atoms with Crippen LogP contribution < -0.4 is 20.3 Å². The Kier molecular flexibility index (Phi) is 8.97. The van der Waals surface area contributed by atoms with Crippen LogP contribution in [0.5, 0.6) is 0 Å². The predicted molar refractivity (Wildman–Crippen MR) is 148 cm³/mol. The molecule has 212 valence electrons. The number of carbonyl (C=O) groups excluding carboxylic acids is 1. The third-order valence-corrected chi connectivity index (χ3v) is 8.30. The summed E-state index contributed by atoms with van der Waals surface area (Å²) in [5.74, 6) is -1.49. The van der Waals surface area contributed by atoms with Crippen LogP contribution >= 0.6 is 0 Å². The first-order chi connectivity index (χ1) is 19.1. The van der Waals surface area contributed by atoms with Crippen molar-refractivity contribution in [1.29, 1.82) is 0 Å². The number of carbonyl (C=O) groups is 2. The third kappa shape index (κ3) is 6.55. The maximum absolute atomic E-state index is 12.8. The first-order valence-electron chi connectivity index (χ1n) is 12.7. The van der Waals surface area contributed by atoms with E-state index in [4.69, 9.17) is 4.74 Å². The molecule has 1 fully saturated rings. The van der Waals surface area contributed by atoms with E-state index in [0.717, 1.165) is 25.1 Å². The molecule has 0 saturated carbocycles. The minimum absolute atomic E-state index is 0.0723. The topological polar surface area (TPSA) is 163 Å². The van der Waals surface area contributed by atoms with Crippen LogP contribution in [0.2, 0.25) is 0 Å². The van der Waals surface area contributed by atoms with Crippen molar-refractivity contribution in [2.75, 3.05) is 30.4 Å². The molecule has 3 atom stereocenters. The van der Waals surface area contributed by atoms with E-state index in [0.29, 0.717) is 11.5 Å². The summed E-state index contributed by atoms with van der Waals surface area (Å²) in [5, 5.41) is 15.5. The first kappa shape index (κ1) is 28.9. The molecule has 1 amide bonds. The highest BCUT2D eigenvalue weighted by Crippen LogP contribution is 2.35. The van der Waals surface area contributed by atoms with Gasteiger partial charge in [0.1, 0.15) is 11.7 Å². The van der Waals surface area contributed by atoms with Crippen molar-refractivity contribution in [2.45, 2.75) is 42.5 Å². The summed E-state index contributed by atoms with van der Waals surface area (Å²) >= 11 is 0. The molecule has 0 spiro atoms. The van der Waals surface area contributed by atoms with Gasteiger partial charge in [-0.05, 0) is 62.2 Å². The Morgan fingerprint density at radius 2 is 1.77 bits per heavy atom. The van der Waals surface area contributed by atoms with E-state index in [2.05, 4.69) is 30.2 Å². The van der Waals surface area contributed by atoms with E-state index in [9.17, 15) is 23.1 Å². The van der Waals surface area contributed by atoms with Gasteiger partial charge in [0, 0.05) is 43.8 Å². The third-order valence-electron chi connectivity index (χ3n) is 6.81. The number of benzene rings is 2. The summed E-state index contributed by atoms with van der Waals surface area (Å²) in [5.41, 5.74) is 0.450. The second kappa shape index (κ2) is 12.4. The highest BCUT2D eigenvalue weighted by atomic mass is 32.2. The Labute approximate surface area is 232 Å². The summed E-state index contributed by atoms with van der Waals surface area (Å²) in [4.78, 5) is 35.2. The fourth-order valence-electron chi connectivity index (χ4n) is 4.73. The monoisotopic (exact) mass is 568 g/mol. The standard InChI is InChI=1S/C27H32N6O6S/c1-27(31-26-28-15-7-16-29-26)23(39-2)10-6-17-33(27)20-13-11-19(12-14-20)24(34)30-18-22(25(35)36)32-40(37,38)21-8-4-3-5-9-21/h3-5,7-9,11-16,22-23,32H,6,10,17-18H2,1-2H3,(H,30,34)(H,35,36)(H,28,29,31)/t22-,23+,27+/m0/s1. The molecule has 0 aliphatic carbocycles. The van der Waals surface area contributed by atoms with Gasteiger partial charge >= 0.3 is 5.97 Å². The second-order valence-corrected chi connectivity index (χ2v) is 11.2. The Morgan fingerprint density at radius 3 is 2.40 bits per heavy atom. The molecular weight excluding hydrogens is 536 g/mol. The predicted octanol–water partition coefficient (Wildman–Crippen LogP) is 2.08. The Hall–Kier alpha value is -4.07. The lowest BCUT2D eigenvalue weighted by Crippen LogP contribution is -2.64. The lowest BCUT2D eigenvalue weighted by Gasteiger charge is -2.50. The summed E-state index contributed by atoms with van der Waals surface area (Å²) in [6.45, 7) is 2.30. The number of hydrogen-bond acceptors (Lipinski definition) is 9. The van der Waals surface area contributed by atoms with Crippen molar-refractivity contribution in [3.05, 3.63) is 78.6 Å². The van der Waals surface area contributed by atoms with E-state index in [-0.39, 0.29) is 11.0 Å². The van der Waals surface area contributed by atoms with Crippen LogP contribution in [0.15, 0.2) is 78.0 Å². The van der Waals surface area contributed by atoms with E-state index >= 15 is 0 Å². The molecule has 0 bridgehead atoms. The molecule has 3 aromatic rings. The number of sulfonamides is 1. The van der Waals surface area contributed by atoms with Crippen LogP contribution in [0.1, 0.15) is 30.1 Å². The number of carboxylic acids is 1. The Bertz CT molecular complexity index is 1410. The number of anilines is 2. The van der Waals surface area contributed by atoms with Crippen LogP contribution in [-0.4, -0.2) is 73.4 Å². The second-order valence-electron chi connectivity index (χ2n) is 9.45. The van der Waals surface area contributed by atoms with Gasteiger partial charge in [0.05, 0.1) is 11.0 Å². The highest BCUT2D eigenvalue weighted by Gasteiger charge is 2.43. The molecule has 13 heteroatoms. The number of nitrogens with one attached hydrogen (secondary N) is 3. The SMILES string of the molecule is CO[C@@H]1CCCN(c2ccc(C(=O)NC[C@H](NS(=O)(=O)c3ccccc3)C(=O)O)cc2)[C@@]1(C)Nc1ncccn1. The van der Waals surface area contributed by atoms with Crippen molar-refractivity contribution in [3.63, 3.8) is 0 Å². The number of hydrogen-bond donors (Lipinski definition) is 4. The summed E-state index contributed by atoms with van der Waals surface area (Å²) in [7, 11) is -2.42. The van der Waals surface area contributed by atoms with E-state index in [1.54, 1.807) is 55.9 Å². The maximum Gasteiger partial charge on any atom is 0.323 e. The molecule has 2 aromatic carbocycles. The van der Waals surface area contributed by atoms with Crippen molar-refractivity contribution < 1.29 is 27.9 Å². The Balaban J connectivity index is 1.45. The summed E-state index contributed by atoms with van der Waals surface area (Å²) in [6.07, 6.45) is 4.87. The van der Waals surface area contributed by atoms with Crippen LogP contribution in [0, 0.1) is 0 Å². The fraction of sp³-hybridized carbons (Fsp3) is 0.333. The number of rotatable bonds is 11. The number of methoxy groups -OCH3 is 1. The van der Waals surface area contributed by atoms with Crippen LogP contribution in [0.4, 0.5) is 11.6 Å². The van der Waals surface area contributed by atoms with Gasteiger partial charge in [-0.25, -0.2) is 18.4 Å². The zero-order valence-electron chi connectivity index (χ0n) is 22.1. The molecule has 40 heavy (non-hydrogen) atoms. The number of aromatic nitrogens is 2.